The first-order valence-corrected chi connectivity index (χ1v) is 7.02. The van der Waals surface area contributed by atoms with E-state index in [1.807, 2.05) is 0 Å². The zero-order chi connectivity index (χ0) is 16.3. The number of nitrogens with one attached hydrogen (secondary N) is 1. The molecule has 0 aliphatic heterocycles. The Balaban J connectivity index is 2.02. The standard InChI is InChI=1S/C14H8Cl3F2NO2/c15-7-3-9(16)14(10(17)4-7)20-13(21)6-22-12-2-1-8(18)5-11(12)19/h1-5H,6H2,(H,20,21). The van der Waals surface area contributed by atoms with Crippen molar-refractivity contribution in [2.45, 2.75) is 0 Å². The first-order chi connectivity index (χ1) is 10.4. The molecule has 8 heteroatoms. The highest BCUT2D eigenvalue weighted by molar-refractivity contribution is 6.42. The summed E-state index contributed by atoms with van der Waals surface area (Å²) in [6.45, 7) is -0.502. The van der Waals surface area contributed by atoms with Gasteiger partial charge >= 0.3 is 0 Å². The molecule has 2 rings (SSSR count). The van der Waals surface area contributed by atoms with Gasteiger partial charge in [-0.3, -0.25) is 4.79 Å². The van der Waals surface area contributed by atoms with E-state index >= 15 is 0 Å². The minimum atomic E-state index is -0.907. The molecular weight excluding hydrogens is 359 g/mol. The quantitative estimate of drug-likeness (QED) is 0.832. The fourth-order valence-electron chi connectivity index (χ4n) is 1.57. The van der Waals surface area contributed by atoms with Crippen molar-refractivity contribution in [2.75, 3.05) is 11.9 Å². The molecule has 1 amide bonds. The van der Waals surface area contributed by atoms with Gasteiger partial charge < -0.3 is 10.1 Å². The van der Waals surface area contributed by atoms with Crippen LogP contribution in [0.4, 0.5) is 14.5 Å². The maximum Gasteiger partial charge on any atom is 0.262 e. The molecule has 2 aromatic carbocycles. The van der Waals surface area contributed by atoms with Gasteiger partial charge in [-0.05, 0) is 24.3 Å². The summed E-state index contributed by atoms with van der Waals surface area (Å²) in [5, 5.41) is 3.04. The van der Waals surface area contributed by atoms with Crippen LogP contribution in [0.5, 0.6) is 5.75 Å². The van der Waals surface area contributed by atoms with E-state index in [0.717, 1.165) is 12.1 Å². The zero-order valence-corrected chi connectivity index (χ0v) is 13.1. The Morgan fingerprint density at radius 3 is 2.32 bits per heavy atom. The summed E-state index contributed by atoms with van der Waals surface area (Å²) in [6.07, 6.45) is 0. The molecule has 2 aromatic rings. The molecule has 0 bridgehead atoms. The maximum atomic E-state index is 13.3. The first kappa shape index (κ1) is 16.8. The van der Waals surface area contributed by atoms with E-state index < -0.39 is 24.1 Å². The third-order valence-electron chi connectivity index (χ3n) is 2.52. The third kappa shape index (κ3) is 4.22. The molecule has 22 heavy (non-hydrogen) atoms. The van der Waals surface area contributed by atoms with Crippen molar-refractivity contribution in [3.05, 3.63) is 57.0 Å². The van der Waals surface area contributed by atoms with Gasteiger partial charge in [0, 0.05) is 11.1 Å². The number of amides is 1. The molecule has 0 unspecified atom stereocenters. The summed E-state index contributed by atoms with van der Waals surface area (Å²) in [6, 6.07) is 5.57. The van der Waals surface area contributed by atoms with E-state index in [1.165, 1.54) is 12.1 Å². The minimum Gasteiger partial charge on any atom is -0.481 e. The van der Waals surface area contributed by atoms with Crippen LogP contribution < -0.4 is 10.1 Å². The van der Waals surface area contributed by atoms with Crippen LogP contribution in [0, 0.1) is 11.6 Å². The fraction of sp³-hybridized carbons (Fsp3) is 0.0714. The predicted molar refractivity (Wildman–Crippen MR) is 82.0 cm³/mol. The number of halogens is 5. The molecule has 0 spiro atoms. The van der Waals surface area contributed by atoms with Crippen molar-refractivity contribution in [3.63, 3.8) is 0 Å². The van der Waals surface area contributed by atoms with Crippen molar-refractivity contribution in [2.24, 2.45) is 0 Å². The first-order valence-electron chi connectivity index (χ1n) is 5.89. The van der Waals surface area contributed by atoms with Crippen LogP contribution in [0.15, 0.2) is 30.3 Å². The van der Waals surface area contributed by atoms with E-state index in [2.05, 4.69) is 5.32 Å². The molecule has 0 aromatic heterocycles. The summed E-state index contributed by atoms with van der Waals surface area (Å²) >= 11 is 17.6. The summed E-state index contributed by atoms with van der Waals surface area (Å²) in [7, 11) is 0. The molecule has 0 heterocycles. The molecule has 0 aliphatic rings. The van der Waals surface area contributed by atoms with E-state index in [9.17, 15) is 13.6 Å². The maximum absolute atomic E-state index is 13.3. The van der Waals surface area contributed by atoms with Crippen LogP contribution in [-0.4, -0.2) is 12.5 Å². The molecular formula is C14H8Cl3F2NO2. The number of rotatable bonds is 4. The average molecular weight is 367 g/mol. The smallest absolute Gasteiger partial charge is 0.262 e. The average Bonchev–Trinajstić information content (AvgIpc) is 2.42. The van der Waals surface area contributed by atoms with Gasteiger partial charge in [-0.15, -0.1) is 0 Å². The molecule has 3 nitrogen and oxygen atoms in total. The summed E-state index contributed by atoms with van der Waals surface area (Å²) in [5.74, 6) is -2.51. The van der Waals surface area contributed by atoms with Gasteiger partial charge in [0.1, 0.15) is 5.82 Å². The van der Waals surface area contributed by atoms with Crippen LogP contribution in [0.25, 0.3) is 0 Å². The minimum absolute atomic E-state index is 0.152. The molecule has 0 fully saturated rings. The van der Waals surface area contributed by atoms with Crippen LogP contribution in [0.3, 0.4) is 0 Å². The number of ether oxygens (including phenoxy) is 1. The molecule has 0 atom stereocenters. The second-order valence-corrected chi connectivity index (χ2v) is 5.41. The highest BCUT2D eigenvalue weighted by atomic mass is 35.5. The lowest BCUT2D eigenvalue weighted by Crippen LogP contribution is -2.21. The third-order valence-corrected chi connectivity index (χ3v) is 3.34. The molecule has 0 aliphatic carbocycles. The second kappa shape index (κ2) is 7.13. The zero-order valence-electron chi connectivity index (χ0n) is 10.8. The largest absolute Gasteiger partial charge is 0.481 e. The van der Waals surface area contributed by atoms with Gasteiger partial charge in [-0.1, -0.05) is 34.8 Å². The Hall–Kier alpha value is -1.56. The number of carbonyl (C=O) groups excluding carboxylic acids is 1. The van der Waals surface area contributed by atoms with E-state index in [1.54, 1.807) is 0 Å². The second-order valence-electron chi connectivity index (χ2n) is 4.16. The van der Waals surface area contributed by atoms with Crippen LogP contribution in [0.1, 0.15) is 0 Å². The molecule has 1 N–H and O–H groups in total. The Morgan fingerprint density at radius 2 is 1.73 bits per heavy atom. The van der Waals surface area contributed by atoms with Gasteiger partial charge in [0.25, 0.3) is 5.91 Å². The molecule has 0 radical (unpaired) electrons. The summed E-state index contributed by atoms with van der Waals surface area (Å²) in [4.78, 5) is 11.8. The van der Waals surface area contributed by atoms with Crippen molar-refractivity contribution >= 4 is 46.4 Å². The monoisotopic (exact) mass is 365 g/mol. The van der Waals surface area contributed by atoms with E-state index in [0.29, 0.717) is 11.1 Å². The molecule has 0 saturated carbocycles. The summed E-state index contributed by atoms with van der Waals surface area (Å²) in [5.41, 5.74) is 0.168. The van der Waals surface area contributed by atoms with Gasteiger partial charge in [-0.2, -0.15) is 0 Å². The van der Waals surface area contributed by atoms with Crippen molar-refractivity contribution in [1.29, 1.82) is 0 Å². The Morgan fingerprint density at radius 1 is 1.09 bits per heavy atom. The summed E-state index contributed by atoms with van der Waals surface area (Å²) < 4.78 is 31.1. The van der Waals surface area contributed by atoms with Crippen molar-refractivity contribution in [3.8, 4) is 5.75 Å². The number of hydrogen-bond acceptors (Lipinski definition) is 2. The van der Waals surface area contributed by atoms with Crippen molar-refractivity contribution in [1.82, 2.24) is 0 Å². The number of carbonyl (C=O) groups is 1. The number of anilines is 1. The Labute approximate surface area is 139 Å². The highest BCUT2D eigenvalue weighted by Gasteiger charge is 2.13. The van der Waals surface area contributed by atoms with Crippen molar-refractivity contribution < 1.29 is 18.3 Å². The lowest BCUT2D eigenvalue weighted by molar-refractivity contribution is -0.118. The molecule has 116 valence electrons. The van der Waals surface area contributed by atoms with Crippen LogP contribution in [0.2, 0.25) is 15.1 Å². The number of benzene rings is 2. The van der Waals surface area contributed by atoms with Gasteiger partial charge in [0.15, 0.2) is 18.2 Å². The normalized spacial score (nSPS) is 10.4. The predicted octanol–water partition coefficient (Wildman–Crippen LogP) is 4.94. The lowest BCUT2D eigenvalue weighted by Gasteiger charge is -2.11. The van der Waals surface area contributed by atoms with Crippen LogP contribution in [-0.2, 0) is 4.79 Å². The van der Waals surface area contributed by atoms with Crippen LogP contribution >= 0.6 is 34.8 Å². The lowest BCUT2D eigenvalue weighted by atomic mass is 10.3. The number of hydrogen-bond donors (Lipinski definition) is 1. The fourth-order valence-corrected chi connectivity index (χ4v) is 2.48. The Kier molecular flexibility index (Phi) is 5.45. The van der Waals surface area contributed by atoms with Gasteiger partial charge in [0.2, 0.25) is 0 Å². The Bertz CT molecular complexity index is 702. The SMILES string of the molecule is O=C(COc1ccc(F)cc1F)Nc1c(Cl)cc(Cl)cc1Cl. The molecule has 0 saturated heterocycles. The van der Waals surface area contributed by atoms with E-state index in [-0.39, 0.29) is 21.5 Å². The highest BCUT2D eigenvalue weighted by Crippen LogP contribution is 2.33. The topological polar surface area (TPSA) is 38.3 Å². The van der Waals surface area contributed by atoms with Gasteiger partial charge in [-0.25, -0.2) is 8.78 Å². The van der Waals surface area contributed by atoms with E-state index in [4.69, 9.17) is 39.5 Å². The van der Waals surface area contributed by atoms with Gasteiger partial charge in [0.05, 0.1) is 15.7 Å².